The van der Waals surface area contributed by atoms with Crippen LogP contribution in [-0.2, 0) is 22.6 Å². The van der Waals surface area contributed by atoms with E-state index in [1.165, 1.54) is 0 Å². The minimum atomic E-state index is -1.29. The van der Waals surface area contributed by atoms with Crippen molar-refractivity contribution in [2.75, 3.05) is 6.61 Å². The third-order valence-electron chi connectivity index (χ3n) is 5.61. The zero-order valence-corrected chi connectivity index (χ0v) is 17.2. The van der Waals surface area contributed by atoms with Gasteiger partial charge in [-0.05, 0) is 25.0 Å². The fourth-order valence-corrected chi connectivity index (χ4v) is 4.29. The largest absolute Gasteiger partial charge is 0.472 e. The first-order valence-corrected chi connectivity index (χ1v) is 10.2. The molecule has 1 aliphatic rings. The highest BCUT2D eigenvalue weighted by atomic mass is 16.5. The summed E-state index contributed by atoms with van der Waals surface area (Å²) in [5.41, 5.74) is 2.22. The average molecular weight is 406 g/mol. The summed E-state index contributed by atoms with van der Waals surface area (Å²) < 4.78 is 11.4. The van der Waals surface area contributed by atoms with E-state index < -0.39 is 23.4 Å². The summed E-state index contributed by atoms with van der Waals surface area (Å²) in [4.78, 5) is 13.0. The number of benzene rings is 2. The Morgan fingerprint density at radius 1 is 1.17 bits per heavy atom. The highest BCUT2D eigenvalue weighted by Crippen LogP contribution is 2.48. The van der Waals surface area contributed by atoms with Gasteiger partial charge in [0, 0.05) is 23.6 Å². The lowest BCUT2D eigenvalue weighted by atomic mass is 9.66. The number of esters is 1. The Morgan fingerprint density at radius 3 is 2.50 bits per heavy atom. The van der Waals surface area contributed by atoms with Gasteiger partial charge in [0.05, 0.1) is 18.1 Å². The van der Waals surface area contributed by atoms with Crippen molar-refractivity contribution < 1.29 is 19.4 Å². The molecule has 1 aliphatic carbocycles. The number of carbonyl (C=O) groups is 1. The molecule has 0 spiro atoms. The zero-order chi connectivity index (χ0) is 21.1. The van der Waals surface area contributed by atoms with Crippen LogP contribution in [-0.4, -0.2) is 33.5 Å². The van der Waals surface area contributed by atoms with E-state index in [9.17, 15) is 9.90 Å². The van der Waals surface area contributed by atoms with Crippen molar-refractivity contribution in [1.82, 2.24) is 10.2 Å². The molecule has 0 fully saturated rings. The smallest absolute Gasteiger partial charge is 0.312 e. The molecule has 1 aromatic heterocycles. The summed E-state index contributed by atoms with van der Waals surface area (Å²) in [6.07, 6.45) is 0.261. The summed E-state index contributed by atoms with van der Waals surface area (Å²) in [5.74, 6) is -1.18. The number of aliphatic hydroxyl groups is 1. The zero-order valence-electron chi connectivity index (χ0n) is 17.2. The monoisotopic (exact) mass is 406 g/mol. The number of nitrogens with one attached hydrogen (secondary N) is 1. The minimum Gasteiger partial charge on any atom is -0.472 e. The van der Waals surface area contributed by atoms with Gasteiger partial charge in [0.25, 0.3) is 0 Å². The van der Waals surface area contributed by atoms with Crippen LogP contribution < -0.4 is 4.74 Å². The maximum Gasteiger partial charge on any atom is 0.312 e. The van der Waals surface area contributed by atoms with E-state index in [-0.39, 0.29) is 13.0 Å². The van der Waals surface area contributed by atoms with Crippen LogP contribution >= 0.6 is 0 Å². The first-order chi connectivity index (χ1) is 14.5. The van der Waals surface area contributed by atoms with Crippen LogP contribution in [0, 0.1) is 5.92 Å². The number of nitrogens with zero attached hydrogens (tertiary/aromatic N) is 1. The standard InChI is InChI=1S/C24H26N2O4/c1-3-29-23(27)21-19(17-12-8-5-9-13-17)20-18(14-24(21,2)28)25-26-22(20)30-15-16-10-6-4-7-11-16/h4-13,19,21,28H,3,14-15H2,1-2H3,(H,25,26). The number of fused-ring (bicyclic) bond motifs is 1. The Kier molecular flexibility index (Phi) is 5.59. The van der Waals surface area contributed by atoms with Crippen molar-refractivity contribution in [2.24, 2.45) is 5.92 Å². The normalized spacial score (nSPS) is 22.9. The Labute approximate surface area is 175 Å². The molecule has 1 heterocycles. The number of hydrogen-bond acceptors (Lipinski definition) is 5. The number of hydrogen-bond donors (Lipinski definition) is 2. The van der Waals surface area contributed by atoms with E-state index in [1.54, 1.807) is 13.8 Å². The van der Waals surface area contributed by atoms with Gasteiger partial charge in [-0.2, -0.15) is 0 Å². The minimum absolute atomic E-state index is 0.253. The molecule has 3 atom stereocenters. The predicted molar refractivity (Wildman–Crippen MR) is 112 cm³/mol. The van der Waals surface area contributed by atoms with Crippen LogP contribution in [0.25, 0.3) is 0 Å². The van der Waals surface area contributed by atoms with E-state index >= 15 is 0 Å². The molecule has 0 bridgehead atoms. The van der Waals surface area contributed by atoms with Crippen molar-refractivity contribution in [3.8, 4) is 5.88 Å². The highest BCUT2D eigenvalue weighted by Gasteiger charge is 2.51. The number of carbonyl (C=O) groups excluding carboxylic acids is 1. The van der Waals surface area contributed by atoms with Crippen molar-refractivity contribution >= 4 is 5.97 Å². The molecular weight excluding hydrogens is 380 g/mol. The molecule has 0 saturated carbocycles. The summed E-state index contributed by atoms with van der Waals surface area (Å²) in [6.45, 7) is 4.06. The fraction of sp³-hybridized carbons (Fsp3) is 0.333. The lowest BCUT2D eigenvalue weighted by molar-refractivity contribution is -0.159. The number of H-pyrrole nitrogens is 1. The van der Waals surface area contributed by atoms with Gasteiger partial charge in [-0.3, -0.25) is 9.89 Å². The van der Waals surface area contributed by atoms with Gasteiger partial charge < -0.3 is 14.6 Å². The van der Waals surface area contributed by atoms with Crippen LogP contribution in [0.2, 0.25) is 0 Å². The van der Waals surface area contributed by atoms with Gasteiger partial charge in [-0.25, -0.2) is 0 Å². The summed E-state index contributed by atoms with van der Waals surface area (Å²) in [7, 11) is 0. The molecule has 2 N–H and O–H groups in total. The van der Waals surface area contributed by atoms with Gasteiger partial charge in [0.2, 0.25) is 5.88 Å². The van der Waals surface area contributed by atoms with Crippen LogP contribution in [0.1, 0.15) is 42.1 Å². The van der Waals surface area contributed by atoms with Gasteiger partial charge in [0.15, 0.2) is 0 Å². The van der Waals surface area contributed by atoms with Gasteiger partial charge in [0.1, 0.15) is 6.61 Å². The number of aromatic amines is 1. The van der Waals surface area contributed by atoms with E-state index in [0.29, 0.717) is 12.5 Å². The summed E-state index contributed by atoms with van der Waals surface area (Å²) in [5, 5.41) is 18.6. The molecule has 0 saturated heterocycles. The van der Waals surface area contributed by atoms with E-state index in [4.69, 9.17) is 9.47 Å². The second-order valence-electron chi connectivity index (χ2n) is 7.85. The fourth-order valence-electron chi connectivity index (χ4n) is 4.29. The molecular formula is C24H26N2O4. The third kappa shape index (κ3) is 3.83. The first-order valence-electron chi connectivity index (χ1n) is 10.2. The molecule has 0 aliphatic heterocycles. The molecule has 30 heavy (non-hydrogen) atoms. The Bertz CT molecular complexity index is 999. The molecule has 3 aromatic rings. The van der Waals surface area contributed by atoms with Crippen LogP contribution in [0.5, 0.6) is 5.88 Å². The number of rotatable bonds is 6. The molecule has 0 amide bonds. The van der Waals surface area contributed by atoms with Crippen molar-refractivity contribution in [1.29, 1.82) is 0 Å². The van der Waals surface area contributed by atoms with E-state index in [1.807, 2.05) is 60.7 Å². The first kappa shape index (κ1) is 20.2. The molecule has 2 aromatic carbocycles. The lowest BCUT2D eigenvalue weighted by Crippen LogP contribution is -2.49. The van der Waals surface area contributed by atoms with E-state index in [0.717, 1.165) is 22.4 Å². The molecule has 4 rings (SSSR count). The lowest BCUT2D eigenvalue weighted by Gasteiger charge is -2.40. The summed E-state index contributed by atoms with van der Waals surface area (Å²) in [6, 6.07) is 19.5. The Balaban J connectivity index is 1.77. The Hall–Kier alpha value is -3.12. The second-order valence-corrected chi connectivity index (χ2v) is 7.85. The van der Waals surface area contributed by atoms with Crippen molar-refractivity contribution in [2.45, 2.75) is 38.4 Å². The topological polar surface area (TPSA) is 84.4 Å². The second kappa shape index (κ2) is 8.32. The summed E-state index contributed by atoms with van der Waals surface area (Å²) >= 11 is 0. The number of ether oxygens (including phenoxy) is 2. The van der Waals surface area contributed by atoms with Crippen LogP contribution in [0.3, 0.4) is 0 Å². The average Bonchev–Trinajstić information content (AvgIpc) is 3.13. The molecule has 0 radical (unpaired) electrons. The van der Waals surface area contributed by atoms with Crippen LogP contribution in [0.4, 0.5) is 0 Å². The maximum absolute atomic E-state index is 13.0. The number of aromatic nitrogens is 2. The SMILES string of the molecule is CCOC(=O)C1C(c2ccccc2)c2c(OCc3ccccc3)n[nH]c2CC1(C)O. The third-order valence-corrected chi connectivity index (χ3v) is 5.61. The van der Waals surface area contributed by atoms with Crippen molar-refractivity contribution in [3.63, 3.8) is 0 Å². The van der Waals surface area contributed by atoms with Gasteiger partial charge in [-0.15, -0.1) is 5.10 Å². The molecule has 6 heteroatoms. The van der Waals surface area contributed by atoms with Gasteiger partial charge in [-0.1, -0.05) is 60.7 Å². The van der Waals surface area contributed by atoms with Crippen LogP contribution in [0.15, 0.2) is 60.7 Å². The molecule has 6 nitrogen and oxygen atoms in total. The quantitative estimate of drug-likeness (QED) is 0.611. The van der Waals surface area contributed by atoms with Crippen molar-refractivity contribution in [3.05, 3.63) is 83.0 Å². The van der Waals surface area contributed by atoms with Gasteiger partial charge >= 0.3 is 5.97 Å². The Morgan fingerprint density at radius 2 is 1.83 bits per heavy atom. The highest BCUT2D eigenvalue weighted by molar-refractivity contribution is 5.77. The molecule has 3 unspecified atom stereocenters. The van der Waals surface area contributed by atoms with E-state index in [2.05, 4.69) is 10.2 Å². The molecule has 156 valence electrons. The predicted octanol–water partition coefficient (Wildman–Crippen LogP) is 3.61. The maximum atomic E-state index is 13.0.